The Morgan fingerprint density at radius 1 is 1.39 bits per heavy atom. The van der Waals surface area contributed by atoms with E-state index < -0.39 is 5.60 Å². The smallest absolute Gasteiger partial charge is 0.410 e. The predicted molar refractivity (Wildman–Crippen MR) is 88.4 cm³/mol. The van der Waals surface area contributed by atoms with Crippen molar-refractivity contribution in [1.29, 1.82) is 0 Å². The van der Waals surface area contributed by atoms with E-state index in [9.17, 15) is 15.0 Å². The van der Waals surface area contributed by atoms with E-state index in [-0.39, 0.29) is 36.3 Å². The van der Waals surface area contributed by atoms with Gasteiger partial charge in [-0.05, 0) is 57.7 Å². The number of nitrogens with zero attached hydrogens (tertiary/aromatic N) is 1. The molecule has 0 radical (unpaired) electrons. The number of rotatable bonds is 2. The highest BCUT2D eigenvalue weighted by Gasteiger charge is 2.39. The molecule has 1 heterocycles. The van der Waals surface area contributed by atoms with Gasteiger partial charge in [-0.2, -0.15) is 0 Å². The molecule has 5 heteroatoms. The fourth-order valence-electron chi connectivity index (χ4n) is 3.29. The zero-order valence-electron chi connectivity index (χ0n) is 14.3. The molecule has 1 aromatic carbocycles. The third kappa shape index (κ3) is 4.16. The summed E-state index contributed by atoms with van der Waals surface area (Å²) in [7, 11) is 0. The minimum Gasteiger partial charge on any atom is -0.508 e. The SMILES string of the molecule is C[C@@H]1[C@@H](CO)[C@H](c2cccc(O)c2)CCN1C(=O)OC(C)(C)C. The number of carbonyl (C=O) groups is 1. The molecule has 0 aliphatic carbocycles. The van der Waals surface area contributed by atoms with Gasteiger partial charge >= 0.3 is 6.09 Å². The van der Waals surface area contributed by atoms with Crippen LogP contribution in [0.4, 0.5) is 4.79 Å². The van der Waals surface area contributed by atoms with Crippen LogP contribution in [0.5, 0.6) is 5.75 Å². The first-order valence-corrected chi connectivity index (χ1v) is 8.12. The summed E-state index contributed by atoms with van der Waals surface area (Å²) in [5.74, 6) is 0.250. The van der Waals surface area contributed by atoms with Gasteiger partial charge in [0.05, 0.1) is 0 Å². The van der Waals surface area contributed by atoms with Crippen molar-refractivity contribution < 1.29 is 19.7 Å². The van der Waals surface area contributed by atoms with Crippen molar-refractivity contribution in [2.24, 2.45) is 5.92 Å². The molecule has 0 bridgehead atoms. The Morgan fingerprint density at radius 2 is 2.09 bits per heavy atom. The molecule has 1 saturated heterocycles. The lowest BCUT2D eigenvalue weighted by Crippen LogP contribution is -2.52. The predicted octanol–water partition coefficient (Wildman–Crippen LogP) is 3.11. The molecule has 1 fully saturated rings. The number of phenols is 1. The first kappa shape index (κ1) is 17.6. The van der Waals surface area contributed by atoms with E-state index in [1.807, 2.05) is 39.8 Å². The van der Waals surface area contributed by atoms with Crippen LogP contribution >= 0.6 is 0 Å². The van der Waals surface area contributed by atoms with E-state index in [1.54, 1.807) is 17.0 Å². The number of benzene rings is 1. The molecule has 0 saturated carbocycles. The summed E-state index contributed by atoms with van der Waals surface area (Å²) in [6, 6.07) is 7.02. The lowest BCUT2D eigenvalue weighted by atomic mass is 9.76. The average molecular weight is 321 g/mol. The molecular weight excluding hydrogens is 294 g/mol. The Kier molecular flexibility index (Phi) is 5.19. The highest BCUT2D eigenvalue weighted by Crippen LogP contribution is 2.38. The molecule has 1 aromatic rings. The van der Waals surface area contributed by atoms with Crippen molar-refractivity contribution in [1.82, 2.24) is 4.90 Å². The second-order valence-corrected chi connectivity index (χ2v) is 7.25. The highest BCUT2D eigenvalue weighted by molar-refractivity contribution is 5.68. The van der Waals surface area contributed by atoms with E-state index in [1.165, 1.54) is 0 Å². The first-order valence-electron chi connectivity index (χ1n) is 8.12. The van der Waals surface area contributed by atoms with Gasteiger partial charge in [-0.3, -0.25) is 0 Å². The van der Waals surface area contributed by atoms with Crippen molar-refractivity contribution in [3.8, 4) is 5.75 Å². The number of ether oxygens (including phenoxy) is 1. The van der Waals surface area contributed by atoms with E-state index >= 15 is 0 Å². The number of hydrogen-bond acceptors (Lipinski definition) is 4. The van der Waals surface area contributed by atoms with Crippen LogP contribution in [0.15, 0.2) is 24.3 Å². The van der Waals surface area contributed by atoms with Crippen LogP contribution in [0, 0.1) is 5.92 Å². The van der Waals surface area contributed by atoms with E-state index in [4.69, 9.17) is 4.74 Å². The third-order valence-electron chi connectivity index (χ3n) is 4.45. The molecule has 0 spiro atoms. The summed E-state index contributed by atoms with van der Waals surface area (Å²) in [6.07, 6.45) is 0.399. The maximum absolute atomic E-state index is 12.4. The summed E-state index contributed by atoms with van der Waals surface area (Å²) in [5.41, 5.74) is 0.466. The number of amides is 1. The number of likely N-dealkylation sites (tertiary alicyclic amines) is 1. The van der Waals surface area contributed by atoms with E-state index in [2.05, 4.69) is 0 Å². The number of aliphatic hydroxyl groups excluding tert-OH is 1. The van der Waals surface area contributed by atoms with Gasteiger partial charge < -0.3 is 19.8 Å². The van der Waals surface area contributed by atoms with Crippen molar-refractivity contribution in [2.75, 3.05) is 13.2 Å². The summed E-state index contributed by atoms with van der Waals surface area (Å²) < 4.78 is 5.47. The number of phenolic OH excluding ortho intramolecular Hbond substituents is 1. The zero-order valence-corrected chi connectivity index (χ0v) is 14.3. The van der Waals surface area contributed by atoms with Crippen molar-refractivity contribution in [2.45, 2.75) is 51.7 Å². The van der Waals surface area contributed by atoms with Crippen LogP contribution in [0.25, 0.3) is 0 Å². The maximum Gasteiger partial charge on any atom is 0.410 e. The van der Waals surface area contributed by atoms with Crippen LogP contribution in [0.3, 0.4) is 0 Å². The standard InChI is InChI=1S/C18H27NO4/c1-12-16(11-20)15(13-6-5-7-14(21)10-13)8-9-19(12)17(22)23-18(2,3)4/h5-7,10,12,15-16,20-21H,8-9,11H2,1-4H3/t12-,15+,16-/m1/s1. The average Bonchev–Trinajstić information content (AvgIpc) is 2.44. The molecule has 2 N–H and O–H groups in total. The van der Waals surface area contributed by atoms with Gasteiger partial charge in [0, 0.05) is 25.1 Å². The van der Waals surface area contributed by atoms with Gasteiger partial charge in [-0.25, -0.2) is 4.79 Å². The monoisotopic (exact) mass is 321 g/mol. The Bertz CT molecular complexity index is 552. The summed E-state index contributed by atoms with van der Waals surface area (Å²) in [5, 5.41) is 19.5. The first-order chi connectivity index (χ1) is 10.7. The molecule has 5 nitrogen and oxygen atoms in total. The quantitative estimate of drug-likeness (QED) is 0.878. The number of piperidine rings is 1. The Morgan fingerprint density at radius 3 is 2.65 bits per heavy atom. The molecule has 1 aliphatic rings. The van der Waals surface area contributed by atoms with Gasteiger partial charge in [-0.15, -0.1) is 0 Å². The lowest BCUT2D eigenvalue weighted by Gasteiger charge is -2.43. The van der Waals surface area contributed by atoms with E-state index in [0.29, 0.717) is 6.54 Å². The van der Waals surface area contributed by atoms with Crippen LogP contribution in [-0.2, 0) is 4.74 Å². The Balaban J connectivity index is 2.17. The summed E-state index contributed by atoms with van der Waals surface area (Å²) in [4.78, 5) is 14.1. The molecule has 0 unspecified atom stereocenters. The Labute approximate surface area is 137 Å². The van der Waals surface area contributed by atoms with Gasteiger partial charge in [0.15, 0.2) is 0 Å². The molecule has 23 heavy (non-hydrogen) atoms. The lowest BCUT2D eigenvalue weighted by molar-refractivity contribution is -0.00764. The highest BCUT2D eigenvalue weighted by atomic mass is 16.6. The van der Waals surface area contributed by atoms with Gasteiger partial charge in [0.25, 0.3) is 0 Å². The molecule has 1 aliphatic heterocycles. The topological polar surface area (TPSA) is 70.0 Å². The largest absolute Gasteiger partial charge is 0.508 e. The van der Waals surface area contributed by atoms with E-state index in [0.717, 1.165) is 12.0 Å². The zero-order chi connectivity index (χ0) is 17.2. The molecule has 3 atom stereocenters. The molecule has 2 rings (SSSR count). The number of carbonyl (C=O) groups excluding carboxylic acids is 1. The second kappa shape index (κ2) is 6.79. The molecular formula is C18H27NO4. The van der Waals surface area contributed by atoms with Gasteiger partial charge in [0.1, 0.15) is 11.4 Å². The fraction of sp³-hybridized carbons (Fsp3) is 0.611. The van der Waals surface area contributed by atoms with Crippen LogP contribution in [0.1, 0.15) is 45.6 Å². The minimum absolute atomic E-state index is 0.0131. The van der Waals surface area contributed by atoms with Crippen LogP contribution < -0.4 is 0 Å². The van der Waals surface area contributed by atoms with Crippen LogP contribution in [-0.4, -0.2) is 46.0 Å². The molecule has 128 valence electrons. The van der Waals surface area contributed by atoms with Crippen molar-refractivity contribution >= 4 is 6.09 Å². The normalized spacial score (nSPS) is 25.3. The Hall–Kier alpha value is -1.75. The molecule has 0 aromatic heterocycles. The fourth-order valence-corrected chi connectivity index (χ4v) is 3.29. The minimum atomic E-state index is -0.534. The number of aliphatic hydroxyl groups is 1. The number of aromatic hydroxyl groups is 1. The third-order valence-corrected chi connectivity index (χ3v) is 4.45. The van der Waals surface area contributed by atoms with Crippen LogP contribution in [0.2, 0.25) is 0 Å². The second-order valence-electron chi connectivity index (χ2n) is 7.25. The van der Waals surface area contributed by atoms with Gasteiger partial charge in [0.2, 0.25) is 0 Å². The molecule has 1 amide bonds. The summed E-state index contributed by atoms with van der Waals surface area (Å²) in [6.45, 7) is 8.04. The number of hydrogen-bond donors (Lipinski definition) is 2. The van der Waals surface area contributed by atoms with Crippen molar-refractivity contribution in [3.63, 3.8) is 0 Å². The van der Waals surface area contributed by atoms with Gasteiger partial charge in [-0.1, -0.05) is 12.1 Å². The maximum atomic E-state index is 12.4. The summed E-state index contributed by atoms with van der Waals surface area (Å²) >= 11 is 0. The van der Waals surface area contributed by atoms with Crippen molar-refractivity contribution in [3.05, 3.63) is 29.8 Å².